The number of rotatable bonds is 3. The van der Waals surface area contributed by atoms with Gasteiger partial charge in [-0.05, 0) is 39.1 Å². The maximum absolute atomic E-state index is 13.3. The maximum Gasteiger partial charge on any atom is 0.244 e. The number of aryl methyl sites for hydroxylation is 2. The molecule has 0 spiro atoms. The van der Waals surface area contributed by atoms with Crippen molar-refractivity contribution in [2.75, 3.05) is 20.6 Å². The maximum atomic E-state index is 13.3. The van der Waals surface area contributed by atoms with Crippen molar-refractivity contribution in [3.63, 3.8) is 0 Å². The fourth-order valence-electron chi connectivity index (χ4n) is 3.38. The van der Waals surface area contributed by atoms with E-state index in [9.17, 15) is 4.79 Å². The van der Waals surface area contributed by atoms with Crippen LogP contribution in [0.5, 0.6) is 0 Å². The number of amides is 1. The molecule has 6 nitrogen and oxygen atoms in total. The summed E-state index contributed by atoms with van der Waals surface area (Å²) in [5.41, 5.74) is 3.48. The van der Waals surface area contributed by atoms with Gasteiger partial charge in [0.05, 0.1) is 12.2 Å². The molecule has 2 heterocycles. The summed E-state index contributed by atoms with van der Waals surface area (Å²) in [7, 11) is 3.86. The average molecular weight is 337 g/mol. The zero-order chi connectivity index (χ0) is 18.0. The lowest BCUT2D eigenvalue weighted by Crippen LogP contribution is -2.40. The van der Waals surface area contributed by atoms with E-state index in [1.807, 2.05) is 53.7 Å². The smallest absolute Gasteiger partial charge is 0.244 e. The van der Waals surface area contributed by atoms with Gasteiger partial charge in [0.2, 0.25) is 5.91 Å². The number of likely N-dealkylation sites (N-methyl/N-ethyl adjacent to an activating group) is 1. The van der Waals surface area contributed by atoms with E-state index >= 15 is 0 Å². The molecular weight excluding hydrogens is 314 g/mol. The number of carbonyl (C=O) groups is 1. The second-order valence-corrected chi connectivity index (χ2v) is 6.75. The number of carbonyl (C=O) groups excluding carboxylic acids is 1. The summed E-state index contributed by atoms with van der Waals surface area (Å²) in [6.45, 7) is 3.95. The summed E-state index contributed by atoms with van der Waals surface area (Å²) in [5, 5.41) is 13.3. The largest absolute Gasteiger partial charge is 0.335 e. The highest BCUT2D eigenvalue weighted by molar-refractivity contribution is 5.83. The van der Waals surface area contributed by atoms with E-state index in [1.165, 1.54) is 0 Å². The predicted octanol–water partition coefficient (Wildman–Crippen LogP) is 2.10. The minimum Gasteiger partial charge on any atom is -0.335 e. The van der Waals surface area contributed by atoms with E-state index in [1.54, 1.807) is 6.07 Å². The molecule has 25 heavy (non-hydrogen) atoms. The van der Waals surface area contributed by atoms with Crippen LogP contribution in [0.4, 0.5) is 0 Å². The third-order valence-electron chi connectivity index (χ3n) is 4.55. The summed E-state index contributed by atoms with van der Waals surface area (Å²) in [4.78, 5) is 17.1. The van der Waals surface area contributed by atoms with Gasteiger partial charge in [-0.2, -0.15) is 10.4 Å². The highest BCUT2D eigenvalue weighted by Gasteiger charge is 2.29. The van der Waals surface area contributed by atoms with E-state index in [-0.39, 0.29) is 11.9 Å². The Balaban J connectivity index is 1.88. The molecule has 1 aromatic carbocycles. The van der Waals surface area contributed by atoms with Gasteiger partial charge in [0, 0.05) is 13.1 Å². The van der Waals surface area contributed by atoms with Crippen LogP contribution in [0.3, 0.4) is 0 Å². The lowest BCUT2D eigenvalue weighted by atomic mass is 10.0. The first-order valence-electron chi connectivity index (χ1n) is 8.48. The van der Waals surface area contributed by atoms with Gasteiger partial charge in [-0.3, -0.25) is 14.4 Å². The van der Waals surface area contributed by atoms with E-state index in [2.05, 4.69) is 17.2 Å². The third kappa shape index (κ3) is 3.57. The minimum absolute atomic E-state index is 0.0868. The fraction of sp³-hybridized carbons (Fsp3) is 0.421. The third-order valence-corrected chi connectivity index (χ3v) is 4.55. The van der Waals surface area contributed by atoms with Gasteiger partial charge < -0.3 is 4.90 Å². The zero-order valence-electron chi connectivity index (χ0n) is 14.9. The molecule has 6 heteroatoms. The Labute approximate surface area is 148 Å². The highest BCUT2D eigenvalue weighted by atomic mass is 16.2. The van der Waals surface area contributed by atoms with Crippen LogP contribution in [-0.4, -0.2) is 46.1 Å². The Bertz CT molecular complexity index is 817. The second kappa shape index (κ2) is 7.08. The first-order valence-corrected chi connectivity index (χ1v) is 8.48. The topological polar surface area (TPSA) is 65.2 Å². The van der Waals surface area contributed by atoms with Crippen molar-refractivity contribution in [2.24, 2.45) is 0 Å². The van der Waals surface area contributed by atoms with Gasteiger partial charge in [-0.15, -0.1) is 0 Å². The van der Waals surface area contributed by atoms with Gasteiger partial charge in [-0.1, -0.05) is 29.8 Å². The molecule has 130 valence electrons. The molecule has 1 atom stereocenters. The van der Waals surface area contributed by atoms with Crippen LogP contribution >= 0.6 is 0 Å². The van der Waals surface area contributed by atoms with Gasteiger partial charge in [-0.25, -0.2) is 0 Å². The molecule has 1 aromatic heterocycles. The molecule has 1 aliphatic rings. The van der Waals surface area contributed by atoms with Crippen molar-refractivity contribution >= 4 is 5.91 Å². The zero-order valence-corrected chi connectivity index (χ0v) is 14.9. The van der Waals surface area contributed by atoms with Gasteiger partial charge in [0.15, 0.2) is 5.69 Å². The van der Waals surface area contributed by atoms with Crippen LogP contribution < -0.4 is 0 Å². The molecule has 1 unspecified atom stereocenters. The normalized spacial score (nSPS) is 15.4. The Morgan fingerprint density at radius 1 is 1.32 bits per heavy atom. The van der Waals surface area contributed by atoms with Crippen molar-refractivity contribution < 1.29 is 4.79 Å². The van der Waals surface area contributed by atoms with Gasteiger partial charge in [0.25, 0.3) is 0 Å². The van der Waals surface area contributed by atoms with Crippen LogP contribution in [0.25, 0.3) is 0 Å². The summed E-state index contributed by atoms with van der Waals surface area (Å²) in [5.74, 6) is 0.0868. The molecule has 0 saturated heterocycles. The Morgan fingerprint density at radius 2 is 2.12 bits per heavy atom. The van der Waals surface area contributed by atoms with E-state index in [0.29, 0.717) is 18.8 Å². The number of hydrogen-bond donors (Lipinski definition) is 0. The number of aromatic nitrogens is 2. The lowest BCUT2D eigenvalue weighted by molar-refractivity contribution is -0.137. The minimum atomic E-state index is -0.315. The quantitative estimate of drug-likeness (QED) is 0.860. The number of nitriles is 1. The van der Waals surface area contributed by atoms with Crippen molar-refractivity contribution in [2.45, 2.75) is 32.5 Å². The van der Waals surface area contributed by atoms with E-state index in [0.717, 1.165) is 29.8 Å². The molecule has 0 bridgehead atoms. The molecule has 2 aromatic rings. The van der Waals surface area contributed by atoms with Crippen LogP contribution in [-0.2, 0) is 17.9 Å². The number of nitrogens with zero attached hydrogens (tertiary/aromatic N) is 5. The van der Waals surface area contributed by atoms with Crippen molar-refractivity contribution in [1.29, 1.82) is 5.26 Å². The monoisotopic (exact) mass is 337 g/mol. The Hall–Kier alpha value is -2.65. The number of hydrogen-bond acceptors (Lipinski definition) is 4. The van der Waals surface area contributed by atoms with Gasteiger partial charge >= 0.3 is 0 Å². The number of benzene rings is 1. The van der Waals surface area contributed by atoms with Crippen molar-refractivity contribution in [1.82, 2.24) is 19.6 Å². The lowest BCUT2D eigenvalue weighted by Gasteiger charge is -2.30. The standard InChI is InChI=1S/C19H23N5O/c1-14-6-4-7-15(10-14)18(22(2)3)19(25)23-8-5-9-24-17(13-23)11-16(12-20)21-24/h4,6-7,10-11,18H,5,8-9,13H2,1-3H3. The molecular formula is C19H23N5O. The summed E-state index contributed by atoms with van der Waals surface area (Å²) in [6, 6.07) is 11.6. The average Bonchev–Trinajstić information content (AvgIpc) is 2.85. The summed E-state index contributed by atoms with van der Waals surface area (Å²) < 4.78 is 1.85. The van der Waals surface area contributed by atoms with Crippen LogP contribution in [0, 0.1) is 18.3 Å². The summed E-state index contributed by atoms with van der Waals surface area (Å²) in [6.07, 6.45) is 0.833. The first-order chi connectivity index (χ1) is 12.0. The highest BCUT2D eigenvalue weighted by Crippen LogP contribution is 2.24. The molecule has 0 radical (unpaired) electrons. The fourth-order valence-corrected chi connectivity index (χ4v) is 3.38. The predicted molar refractivity (Wildman–Crippen MR) is 94.6 cm³/mol. The van der Waals surface area contributed by atoms with Gasteiger partial charge in [0.1, 0.15) is 12.1 Å². The molecule has 3 rings (SSSR count). The van der Waals surface area contributed by atoms with Crippen LogP contribution in [0.1, 0.15) is 35.0 Å². The molecule has 0 saturated carbocycles. The Kier molecular flexibility index (Phi) is 4.86. The van der Waals surface area contributed by atoms with Crippen LogP contribution in [0.15, 0.2) is 30.3 Å². The molecule has 1 amide bonds. The Morgan fingerprint density at radius 3 is 2.80 bits per heavy atom. The second-order valence-electron chi connectivity index (χ2n) is 6.75. The van der Waals surface area contributed by atoms with Crippen molar-refractivity contribution in [3.05, 3.63) is 52.8 Å². The molecule has 1 aliphatic heterocycles. The van der Waals surface area contributed by atoms with E-state index < -0.39 is 0 Å². The number of fused-ring (bicyclic) bond motifs is 1. The molecule has 0 aliphatic carbocycles. The van der Waals surface area contributed by atoms with E-state index in [4.69, 9.17) is 5.26 Å². The first kappa shape index (κ1) is 17.2. The van der Waals surface area contributed by atoms with Crippen molar-refractivity contribution in [3.8, 4) is 6.07 Å². The molecule has 0 N–H and O–H groups in total. The SMILES string of the molecule is Cc1cccc(C(C(=O)N2CCCn3nc(C#N)cc3C2)N(C)C)c1. The van der Waals surface area contributed by atoms with Crippen LogP contribution in [0.2, 0.25) is 0 Å². The summed E-state index contributed by atoms with van der Waals surface area (Å²) >= 11 is 0. The molecule has 0 fully saturated rings.